The summed E-state index contributed by atoms with van der Waals surface area (Å²) in [5.41, 5.74) is 5.87. The van der Waals surface area contributed by atoms with Crippen LogP contribution in [-0.4, -0.2) is 12.4 Å². The van der Waals surface area contributed by atoms with E-state index >= 15 is 0 Å². The second kappa shape index (κ2) is 6.05. The van der Waals surface area contributed by atoms with Crippen LogP contribution in [0.5, 0.6) is 0 Å². The van der Waals surface area contributed by atoms with Crippen molar-refractivity contribution in [3.05, 3.63) is 0 Å². The fraction of sp³-hybridized carbons (Fsp3) is 0.917. The van der Waals surface area contributed by atoms with Gasteiger partial charge in [0.25, 0.3) is 0 Å². The lowest BCUT2D eigenvalue weighted by Crippen LogP contribution is -2.29. The van der Waals surface area contributed by atoms with E-state index < -0.39 is 0 Å². The number of aliphatic imine (C=N–C) groups is 1. The maximum atomic E-state index is 5.84. The van der Waals surface area contributed by atoms with E-state index in [2.05, 4.69) is 39.6 Å². The first kappa shape index (κ1) is 13.5. The molecule has 0 spiro atoms. The van der Waals surface area contributed by atoms with Crippen molar-refractivity contribution in [2.45, 2.75) is 53.9 Å². The number of rotatable bonds is 5. The van der Waals surface area contributed by atoms with Gasteiger partial charge in [0.2, 0.25) is 0 Å². The van der Waals surface area contributed by atoms with Crippen LogP contribution in [0, 0.1) is 11.3 Å². The first-order chi connectivity index (χ1) is 6.34. The number of hydrogen-bond donors (Lipinski definition) is 1. The summed E-state index contributed by atoms with van der Waals surface area (Å²) in [5, 5.41) is 0. The van der Waals surface area contributed by atoms with Gasteiger partial charge in [0.15, 0.2) is 0 Å². The van der Waals surface area contributed by atoms with Crippen LogP contribution in [0.3, 0.4) is 0 Å². The lowest BCUT2D eigenvalue weighted by Gasteiger charge is -2.17. The van der Waals surface area contributed by atoms with Gasteiger partial charge in [0.1, 0.15) is 0 Å². The van der Waals surface area contributed by atoms with Crippen LogP contribution in [-0.2, 0) is 0 Å². The summed E-state index contributed by atoms with van der Waals surface area (Å²) in [7, 11) is 0. The number of nitrogens with zero attached hydrogens (tertiary/aromatic N) is 1. The smallest absolute Gasteiger partial charge is 0.0991 e. The zero-order valence-corrected chi connectivity index (χ0v) is 10.4. The van der Waals surface area contributed by atoms with Crippen molar-refractivity contribution in [1.82, 2.24) is 0 Å². The molecule has 0 aromatic rings. The minimum absolute atomic E-state index is 0.0258. The van der Waals surface area contributed by atoms with Gasteiger partial charge in [0.05, 0.1) is 5.84 Å². The molecule has 0 atom stereocenters. The molecule has 0 aliphatic carbocycles. The molecule has 2 nitrogen and oxygen atoms in total. The molecule has 0 fully saturated rings. The molecule has 0 aromatic carbocycles. The first-order valence-corrected chi connectivity index (χ1v) is 5.64. The molecule has 0 rings (SSSR count). The van der Waals surface area contributed by atoms with E-state index in [1.54, 1.807) is 0 Å². The highest BCUT2D eigenvalue weighted by Crippen LogP contribution is 2.13. The van der Waals surface area contributed by atoms with Gasteiger partial charge in [0, 0.05) is 12.0 Å². The van der Waals surface area contributed by atoms with Crippen LogP contribution in [0.4, 0.5) is 0 Å². The van der Waals surface area contributed by atoms with Crippen molar-refractivity contribution in [1.29, 1.82) is 0 Å². The number of nitrogens with two attached hydrogens (primary N) is 1. The van der Waals surface area contributed by atoms with E-state index in [4.69, 9.17) is 5.73 Å². The fourth-order valence-electron chi connectivity index (χ4n) is 1.10. The molecule has 0 aliphatic rings. The topological polar surface area (TPSA) is 38.4 Å². The highest BCUT2D eigenvalue weighted by molar-refractivity contribution is 5.85. The van der Waals surface area contributed by atoms with E-state index in [0.29, 0.717) is 0 Å². The molecule has 2 N–H and O–H groups in total. The Morgan fingerprint density at radius 2 is 1.79 bits per heavy atom. The largest absolute Gasteiger partial charge is 0.387 e. The molecule has 0 bridgehead atoms. The standard InChI is InChI=1S/C12H26N2/c1-10(2)8-6-7-9-14-11(13)12(3,4)5/h10H,6-9H2,1-5H3,(H2,13,14). The van der Waals surface area contributed by atoms with E-state index in [1.165, 1.54) is 12.8 Å². The normalized spacial score (nSPS) is 13.7. The highest BCUT2D eigenvalue weighted by Gasteiger charge is 2.14. The molecule has 0 unspecified atom stereocenters. The van der Waals surface area contributed by atoms with Gasteiger partial charge in [-0.25, -0.2) is 0 Å². The lowest BCUT2D eigenvalue weighted by atomic mass is 9.95. The molecule has 0 amide bonds. The average molecular weight is 198 g/mol. The molecule has 14 heavy (non-hydrogen) atoms. The van der Waals surface area contributed by atoms with Crippen molar-refractivity contribution in [3.8, 4) is 0 Å². The second-order valence-corrected chi connectivity index (χ2v) is 5.41. The molecule has 0 saturated heterocycles. The summed E-state index contributed by atoms with van der Waals surface area (Å²) >= 11 is 0. The Bertz CT molecular complexity index is 175. The van der Waals surface area contributed by atoms with E-state index in [1.807, 2.05) is 0 Å². The van der Waals surface area contributed by atoms with Crippen molar-refractivity contribution in [2.24, 2.45) is 22.1 Å². The second-order valence-electron chi connectivity index (χ2n) is 5.41. The molecule has 0 aromatic heterocycles. The van der Waals surface area contributed by atoms with Gasteiger partial charge in [-0.05, 0) is 12.3 Å². The number of amidine groups is 1. The Morgan fingerprint density at radius 3 is 2.21 bits per heavy atom. The van der Waals surface area contributed by atoms with E-state index in [0.717, 1.165) is 24.7 Å². The predicted octanol–water partition coefficient (Wildman–Crippen LogP) is 3.22. The van der Waals surface area contributed by atoms with Crippen molar-refractivity contribution < 1.29 is 0 Å². The highest BCUT2D eigenvalue weighted by atomic mass is 14.9. The molecular formula is C12H26N2. The predicted molar refractivity (Wildman–Crippen MR) is 64.6 cm³/mol. The Hall–Kier alpha value is -0.530. The Kier molecular flexibility index (Phi) is 5.82. The number of hydrogen-bond acceptors (Lipinski definition) is 1. The van der Waals surface area contributed by atoms with Crippen LogP contribution in [0.2, 0.25) is 0 Å². The summed E-state index contributed by atoms with van der Waals surface area (Å²) in [5.74, 6) is 1.58. The van der Waals surface area contributed by atoms with Gasteiger partial charge >= 0.3 is 0 Å². The minimum atomic E-state index is 0.0258. The Balaban J connectivity index is 3.62. The molecule has 0 aliphatic heterocycles. The van der Waals surface area contributed by atoms with Gasteiger partial charge in [-0.2, -0.15) is 0 Å². The quantitative estimate of drug-likeness (QED) is 0.411. The third-order valence-corrected chi connectivity index (χ3v) is 2.24. The first-order valence-electron chi connectivity index (χ1n) is 5.64. The fourth-order valence-corrected chi connectivity index (χ4v) is 1.10. The van der Waals surface area contributed by atoms with Gasteiger partial charge in [-0.1, -0.05) is 47.5 Å². The average Bonchev–Trinajstić information content (AvgIpc) is 2.01. The van der Waals surface area contributed by atoms with Crippen LogP contribution in [0.1, 0.15) is 53.9 Å². The SMILES string of the molecule is CC(C)CCCCN=C(N)C(C)(C)C. The Labute approximate surface area is 89.0 Å². The molecular weight excluding hydrogens is 172 g/mol. The Morgan fingerprint density at radius 1 is 1.21 bits per heavy atom. The molecule has 0 heterocycles. The van der Waals surface area contributed by atoms with Gasteiger partial charge in [-0.15, -0.1) is 0 Å². The monoisotopic (exact) mass is 198 g/mol. The van der Waals surface area contributed by atoms with E-state index in [-0.39, 0.29) is 5.41 Å². The zero-order chi connectivity index (χ0) is 11.2. The molecule has 0 radical (unpaired) electrons. The third kappa shape index (κ3) is 6.93. The summed E-state index contributed by atoms with van der Waals surface area (Å²) in [6.07, 6.45) is 3.72. The van der Waals surface area contributed by atoms with Crippen molar-refractivity contribution in [3.63, 3.8) is 0 Å². The summed E-state index contributed by atoms with van der Waals surface area (Å²) in [6.45, 7) is 11.7. The van der Waals surface area contributed by atoms with Gasteiger partial charge in [-0.3, -0.25) is 4.99 Å². The minimum Gasteiger partial charge on any atom is -0.387 e. The summed E-state index contributed by atoms with van der Waals surface area (Å²) in [6, 6.07) is 0. The van der Waals surface area contributed by atoms with E-state index in [9.17, 15) is 0 Å². The zero-order valence-electron chi connectivity index (χ0n) is 10.4. The van der Waals surface area contributed by atoms with Crippen LogP contribution in [0.15, 0.2) is 4.99 Å². The maximum absolute atomic E-state index is 5.84. The lowest BCUT2D eigenvalue weighted by molar-refractivity contribution is 0.538. The van der Waals surface area contributed by atoms with Crippen LogP contribution in [0.25, 0.3) is 0 Å². The molecule has 2 heteroatoms. The van der Waals surface area contributed by atoms with Gasteiger partial charge < -0.3 is 5.73 Å². The van der Waals surface area contributed by atoms with Crippen LogP contribution >= 0.6 is 0 Å². The van der Waals surface area contributed by atoms with Crippen LogP contribution < -0.4 is 5.73 Å². The molecule has 84 valence electrons. The third-order valence-electron chi connectivity index (χ3n) is 2.24. The molecule has 0 saturated carbocycles. The number of unbranched alkanes of at least 4 members (excludes halogenated alkanes) is 1. The maximum Gasteiger partial charge on any atom is 0.0991 e. The summed E-state index contributed by atoms with van der Waals surface area (Å²) in [4.78, 5) is 4.39. The van der Waals surface area contributed by atoms with Crippen molar-refractivity contribution in [2.75, 3.05) is 6.54 Å². The van der Waals surface area contributed by atoms with Crippen molar-refractivity contribution >= 4 is 5.84 Å². The summed E-state index contributed by atoms with van der Waals surface area (Å²) < 4.78 is 0.